The van der Waals surface area contributed by atoms with Gasteiger partial charge in [0.25, 0.3) is 5.91 Å². The summed E-state index contributed by atoms with van der Waals surface area (Å²) in [4.78, 5) is 36.8. The van der Waals surface area contributed by atoms with Crippen molar-refractivity contribution < 1.29 is 9.59 Å². The number of hydrogen-bond donors (Lipinski definition) is 1. The highest BCUT2D eigenvalue weighted by Crippen LogP contribution is 2.31. The van der Waals surface area contributed by atoms with Gasteiger partial charge in [0.1, 0.15) is 0 Å². The molecular weight excluding hydrogens is 536 g/mol. The van der Waals surface area contributed by atoms with E-state index in [1.54, 1.807) is 35.4 Å². The number of hydrogen-bond acceptors (Lipinski definition) is 5. The molecule has 1 aromatic heterocycles. The summed E-state index contributed by atoms with van der Waals surface area (Å²) in [5.41, 5.74) is 6.49. The fourth-order valence-electron chi connectivity index (χ4n) is 5.53. The SMILES string of the molecule is Cc1ccc(N(CCCN2CC3=CN(C(=O)c4c(C)ccnc4C)CC3C2)C(=O)Nc2ccc(C#N)cc2)cc1Cl. The van der Waals surface area contributed by atoms with Crippen molar-refractivity contribution in [3.05, 3.63) is 99.5 Å². The zero-order valence-electron chi connectivity index (χ0n) is 23.5. The third-order valence-electron chi connectivity index (χ3n) is 7.81. The van der Waals surface area contributed by atoms with Crippen LogP contribution < -0.4 is 10.2 Å². The van der Waals surface area contributed by atoms with E-state index in [4.69, 9.17) is 16.9 Å². The molecule has 210 valence electrons. The topological polar surface area (TPSA) is 92.6 Å². The molecule has 1 atom stereocenters. The second-order valence-electron chi connectivity index (χ2n) is 10.7. The first kappa shape index (κ1) is 28.3. The van der Waals surface area contributed by atoms with Gasteiger partial charge in [-0.1, -0.05) is 17.7 Å². The number of likely N-dealkylation sites (tertiary alicyclic amines) is 1. The predicted octanol–water partition coefficient (Wildman–Crippen LogP) is 5.93. The van der Waals surface area contributed by atoms with Gasteiger partial charge in [0.2, 0.25) is 0 Å². The lowest BCUT2D eigenvalue weighted by atomic mass is 10.1. The zero-order chi connectivity index (χ0) is 29.1. The van der Waals surface area contributed by atoms with Crippen LogP contribution in [0.5, 0.6) is 0 Å². The summed E-state index contributed by atoms with van der Waals surface area (Å²) in [5.74, 6) is 0.338. The van der Waals surface area contributed by atoms with E-state index in [0.29, 0.717) is 40.8 Å². The highest BCUT2D eigenvalue weighted by atomic mass is 35.5. The van der Waals surface area contributed by atoms with Gasteiger partial charge < -0.3 is 10.2 Å². The minimum atomic E-state index is -0.259. The lowest BCUT2D eigenvalue weighted by Gasteiger charge is -2.25. The second kappa shape index (κ2) is 12.1. The smallest absolute Gasteiger partial charge is 0.314 e. The monoisotopic (exact) mass is 568 g/mol. The normalized spacial score (nSPS) is 16.2. The molecule has 1 fully saturated rings. The molecule has 0 saturated carbocycles. The second-order valence-corrected chi connectivity index (χ2v) is 11.1. The number of nitrogens with zero attached hydrogens (tertiary/aromatic N) is 5. The average Bonchev–Trinajstić information content (AvgIpc) is 3.52. The molecule has 2 aromatic carbocycles. The molecular formula is C32H33ClN6O2. The number of anilines is 2. The molecule has 0 aliphatic carbocycles. The number of fused-ring (bicyclic) bond motifs is 1. The summed E-state index contributed by atoms with van der Waals surface area (Å²) in [5, 5.41) is 12.6. The summed E-state index contributed by atoms with van der Waals surface area (Å²) < 4.78 is 0. The summed E-state index contributed by atoms with van der Waals surface area (Å²) in [6.45, 7) is 9.46. The Hall–Kier alpha value is -4.19. The quantitative estimate of drug-likeness (QED) is 0.381. The maximum atomic E-state index is 13.4. The number of benzene rings is 2. The molecule has 3 aromatic rings. The van der Waals surface area contributed by atoms with E-state index in [2.05, 4.69) is 21.3 Å². The molecule has 0 spiro atoms. The Kier molecular flexibility index (Phi) is 8.39. The number of nitriles is 1. The molecule has 1 unspecified atom stereocenters. The fraction of sp³-hybridized carbons (Fsp3) is 0.312. The van der Waals surface area contributed by atoms with E-state index >= 15 is 0 Å². The van der Waals surface area contributed by atoms with Crippen molar-refractivity contribution in [3.63, 3.8) is 0 Å². The van der Waals surface area contributed by atoms with E-state index < -0.39 is 0 Å². The lowest BCUT2D eigenvalue weighted by Crippen LogP contribution is -2.37. The van der Waals surface area contributed by atoms with Crippen LogP contribution in [0.3, 0.4) is 0 Å². The summed E-state index contributed by atoms with van der Waals surface area (Å²) in [6.07, 6.45) is 4.52. The van der Waals surface area contributed by atoms with Crippen molar-refractivity contribution >= 4 is 34.9 Å². The largest absolute Gasteiger partial charge is 0.326 e. The fourth-order valence-corrected chi connectivity index (χ4v) is 5.71. The van der Waals surface area contributed by atoms with Gasteiger partial charge in [0.05, 0.1) is 22.9 Å². The van der Waals surface area contributed by atoms with E-state index in [0.717, 1.165) is 48.6 Å². The number of urea groups is 1. The predicted molar refractivity (Wildman–Crippen MR) is 161 cm³/mol. The number of nitrogens with one attached hydrogen (secondary N) is 1. The lowest BCUT2D eigenvalue weighted by molar-refractivity contribution is 0.0818. The van der Waals surface area contributed by atoms with E-state index in [9.17, 15) is 9.59 Å². The molecule has 0 bridgehead atoms. The van der Waals surface area contributed by atoms with Crippen LogP contribution in [-0.2, 0) is 0 Å². The number of amides is 3. The Morgan fingerprint density at radius 3 is 2.56 bits per heavy atom. The van der Waals surface area contributed by atoms with Gasteiger partial charge in [-0.25, -0.2) is 4.79 Å². The van der Waals surface area contributed by atoms with Gasteiger partial charge in [-0.05, 0) is 86.4 Å². The van der Waals surface area contributed by atoms with Crippen LogP contribution in [0.2, 0.25) is 5.02 Å². The third kappa shape index (κ3) is 6.27. The molecule has 1 saturated heterocycles. The molecule has 0 radical (unpaired) electrons. The number of carbonyl (C=O) groups excluding carboxylic acids is 2. The molecule has 2 aliphatic rings. The van der Waals surface area contributed by atoms with Crippen molar-refractivity contribution in [2.45, 2.75) is 27.2 Å². The number of aryl methyl sites for hydroxylation is 3. The van der Waals surface area contributed by atoms with E-state index in [-0.39, 0.29) is 11.9 Å². The number of halogens is 1. The molecule has 41 heavy (non-hydrogen) atoms. The van der Waals surface area contributed by atoms with Crippen LogP contribution >= 0.6 is 11.6 Å². The van der Waals surface area contributed by atoms with Crippen molar-refractivity contribution in [1.29, 1.82) is 5.26 Å². The van der Waals surface area contributed by atoms with Crippen LogP contribution in [-0.4, -0.2) is 59.4 Å². The van der Waals surface area contributed by atoms with Gasteiger partial charge in [-0.15, -0.1) is 0 Å². The zero-order valence-corrected chi connectivity index (χ0v) is 24.3. The molecule has 5 rings (SSSR count). The first-order chi connectivity index (χ1) is 19.7. The van der Waals surface area contributed by atoms with Crippen LogP contribution in [0.1, 0.15) is 39.2 Å². The molecule has 3 heterocycles. The number of rotatable bonds is 7. The number of pyridine rings is 1. The van der Waals surface area contributed by atoms with Crippen LogP contribution in [0, 0.1) is 38.0 Å². The average molecular weight is 569 g/mol. The maximum Gasteiger partial charge on any atom is 0.326 e. The summed E-state index contributed by atoms with van der Waals surface area (Å²) >= 11 is 6.40. The van der Waals surface area contributed by atoms with Crippen molar-refractivity contribution in [2.24, 2.45) is 5.92 Å². The van der Waals surface area contributed by atoms with Gasteiger partial charge >= 0.3 is 6.03 Å². The van der Waals surface area contributed by atoms with Gasteiger partial charge in [0.15, 0.2) is 0 Å². The Labute approximate surface area is 245 Å². The van der Waals surface area contributed by atoms with Crippen LogP contribution in [0.25, 0.3) is 0 Å². The molecule has 2 aliphatic heterocycles. The number of carbonyl (C=O) groups is 2. The van der Waals surface area contributed by atoms with Crippen molar-refractivity contribution in [3.8, 4) is 6.07 Å². The van der Waals surface area contributed by atoms with Gasteiger partial charge in [-0.3, -0.25) is 19.6 Å². The minimum absolute atomic E-state index is 0.0160. The first-order valence-electron chi connectivity index (χ1n) is 13.7. The van der Waals surface area contributed by atoms with E-state index in [1.165, 1.54) is 5.57 Å². The minimum Gasteiger partial charge on any atom is -0.314 e. The van der Waals surface area contributed by atoms with Crippen molar-refractivity contribution in [1.82, 2.24) is 14.8 Å². The van der Waals surface area contributed by atoms with Gasteiger partial charge in [0, 0.05) is 67.4 Å². The number of aromatic nitrogens is 1. The maximum absolute atomic E-state index is 13.4. The summed E-state index contributed by atoms with van der Waals surface area (Å²) in [6, 6.07) is 16.1. The molecule has 3 amide bonds. The van der Waals surface area contributed by atoms with E-state index in [1.807, 2.05) is 56.1 Å². The van der Waals surface area contributed by atoms with Crippen LogP contribution in [0.4, 0.5) is 16.2 Å². The van der Waals surface area contributed by atoms with Gasteiger partial charge in [-0.2, -0.15) is 5.26 Å². The molecule has 1 N–H and O–H groups in total. The highest BCUT2D eigenvalue weighted by Gasteiger charge is 2.36. The Bertz CT molecular complexity index is 1520. The Balaban J connectivity index is 1.21. The van der Waals surface area contributed by atoms with Crippen molar-refractivity contribution in [2.75, 3.05) is 42.9 Å². The molecule has 8 nitrogen and oxygen atoms in total. The Morgan fingerprint density at radius 2 is 1.88 bits per heavy atom. The Morgan fingerprint density at radius 1 is 1.10 bits per heavy atom. The highest BCUT2D eigenvalue weighted by molar-refractivity contribution is 6.31. The summed E-state index contributed by atoms with van der Waals surface area (Å²) in [7, 11) is 0. The molecule has 9 heteroatoms. The first-order valence-corrected chi connectivity index (χ1v) is 14.1. The van der Waals surface area contributed by atoms with Crippen LogP contribution in [0.15, 0.2) is 66.5 Å². The third-order valence-corrected chi connectivity index (χ3v) is 8.21. The standard InChI is InChI=1S/C32H33ClN6O2/c1-21-5-10-28(15-29(21)33)39(32(41)36-27-8-6-24(16-34)7-9-27)14-4-13-37-17-25-19-38(20-26(25)18-37)31(40)30-22(2)11-12-35-23(30)3/h5-12,15,19,26H,4,13-14,17-18,20H2,1-3H3,(H,36,41).